The van der Waals surface area contributed by atoms with Crippen molar-refractivity contribution < 1.29 is 0 Å². The topological polar surface area (TPSA) is 35.8 Å². The molecule has 1 fully saturated rings. The van der Waals surface area contributed by atoms with Crippen molar-refractivity contribution in [2.75, 3.05) is 5.32 Å². The molecule has 0 aromatic heterocycles. The van der Waals surface area contributed by atoms with E-state index in [0.717, 1.165) is 17.2 Å². The summed E-state index contributed by atoms with van der Waals surface area (Å²) in [6.07, 6.45) is 3.98. The predicted molar refractivity (Wildman–Crippen MR) is 66.3 cm³/mol. The minimum Gasteiger partial charge on any atom is -0.382 e. The lowest BCUT2D eigenvalue weighted by Crippen LogP contribution is -2.16. The summed E-state index contributed by atoms with van der Waals surface area (Å²) in [5.74, 6) is 0.915. The standard InChI is InChI=1S/C14H18N2/c1-10-3-6-13(9-15)14(7-10)16-11(2)8-12-4-5-12/h3,6-7,11-12,16H,4-5,8H2,1-2H3. The second-order valence-electron chi connectivity index (χ2n) is 4.89. The molecule has 1 aliphatic carbocycles. The Kier molecular flexibility index (Phi) is 3.14. The van der Waals surface area contributed by atoms with Crippen LogP contribution < -0.4 is 5.32 Å². The van der Waals surface area contributed by atoms with Crippen LogP contribution in [0.2, 0.25) is 0 Å². The Bertz CT molecular complexity index is 413. The van der Waals surface area contributed by atoms with E-state index >= 15 is 0 Å². The summed E-state index contributed by atoms with van der Waals surface area (Å²) in [7, 11) is 0. The SMILES string of the molecule is Cc1ccc(C#N)c(NC(C)CC2CC2)c1. The number of hydrogen-bond acceptors (Lipinski definition) is 2. The van der Waals surface area contributed by atoms with Gasteiger partial charge in [0, 0.05) is 6.04 Å². The van der Waals surface area contributed by atoms with Crippen LogP contribution in [0.25, 0.3) is 0 Å². The molecule has 0 aliphatic heterocycles. The van der Waals surface area contributed by atoms with Gasteiger partial charge < -0.3 is 5.32 Å². The summed E-state index contributed by atoms with van der Waals surface area (Å²) in [5, 5.41) is 12.5. The number of hydrogen-bond donors (Lipinski definition) is 1. The first-order valence-corrected chi connectivity index (χ1v) is 5.96. The zero-order valence-corrected chi connectivity index (χ0v) is 9.96. The van der Waals surface area contributed by atoms with Gasteiger partial charge in [-0.2, -0.15) is 5.26 Å². The maximum absolute atomic E-state index is 9.03. The van der Waals surface area contributed by atoms with E-state index in [1.54, 1.807) is 0 Å². The van der Waals surface area contributed by atoms with Gasteiger partial charge in [0.25, 0.3) is 0 Å². The van der Waals surface area contributed by atoms with Crippen LogP contribution in [-0.2, 0) is 0 Å². The summed E-state index contributed by atoms with van der Waals surface area (Å²) in [5.41, 5.74) is 2.92. The molecular weight excluding hydrogens is 196 g/mol. The van der Waals surface area contributed by atoms with Gasteiger partial charge in [-0.15, -0.1) is 0 Å². The molecule has 1 aliphatic rings. The number of nitriles is 1. The Hall–Kier alpha value is -1.49. The third-order valence-corrected chi connectivity index (χ3v) is 3.08. The molecule has 1 unspecified atom stereocenters. The van der Waals surface area contributed by atoms with E-state index in [2.05, 4.69) is 31.3 Å². The van der Waals surface area contributed by atoms with Gasteiger partial charge in [-0.3, -0.25) is 0 Å². The van der Waals surface area contributed by atoms with Gasteiger partial charge in [-0.05, 0) is 43.9 Å². The normalized spacial score (nSPS) is 16.6. The first-order valence-electron chi connectivity index (χ1n) is 5.96. The molecule has 1 N–H and O–H groups in total. The van der Waals surface area contributed by atoms with Gasteiger partial charge in [-0.25, -0.2) is 0 Å². The van der Waals surface area contributed by atoms with E-state index in [9.17, 15) is 0 Å². The van der Waals surface area contributed by atoms with E-state index in [-0.39, 0.29) is 0 Å². The van der Waals surface area contributed by atoms with E-state index < -0.39 is 0 Å². The van der Waals surface area contributed by atoms with Gasteiger partial charge >= 0.3 is 0 Å². The van der Waals surface area contributed by atoms with E-state index in [0.29, 0.717) is 6.04 Å². The minimum absolute atomic E-state index is 0.460. The van der Waals surface area contributed by atoms with Gasteiger partial charge in [0.2, 0.25) is 0 Å². The van der Waals surface area contributed by atoms with Crippen molar-refractivity contribution in [3.63, 3.8) is 0 Å². The summed E-state index contributed by atoms with van der Waals surface area (Å²) in [6.45, 7) is 4.25. The Morgan fingerprint density at radius 1 is 1.50 bits per heavy atom. The fraction of sp³-hybridized carbons (Fsp3) is 0.500. The summed E-state index contributed by atoms with van der Waals surface area (Å²) in [6, 6.07) is 8.62. The van der Waals surface area contributed by atoms with E-state index in [1.165, 1.54) is 24.8 Å². The van der Waals surface area contributed by atoms with Gasteiger partial charge in [0.05, 0.1) is 11.3 Å². The lowest BCUT2D eigenvalue weighted by molar-refractivity contribution is 0.642. The molecule has 2 heteroatoms. The van der Waals surface area contributed by atoms with Gasteiger partial charge in [0.15, 0.2) is 0 Å². The van der Waals surface area contributed by atoms with E-state index in [1.807, 2.05) is 12.1 Å². The van der Waals surface area contributed by atoms with Crippen molar-refractivity contribution in [1.29, 1.82) is 5.26 Å². The molecule has 2 nitrogen and oxygen atoms in total. The van der Waals surface area contributed by atoms with Crippen molar-refractivity contribution in [2.24, 2.45) is 5.92 Å². The molecule has 0 saturated heterocycles. The predicted octanol–water partition coefficient (Wildman–Crippen LogP) is 3.47. The first-order chi connectivity index (χ1) is 7.69. The van der Waals surface area contributed by atoms with Crippen molar-refractivity contribution in [2.45, 2.75) is 39.2 Å². The maximum atomic E-state index is 9.03. The number of anilines is 1. The van der Waals surface area contributed by atoms with Crippen molar-refractivity contribution in [3.05, 3.63) is 29.3 Å². The molecule has 16 heavy (non-hydrogen) atoms. The highest BCUT2D eigenvalue weighted by Crippen LogP contribution is 2.34. The van der Waals surface area contributed by atoms with Crippen LogP contribution in [0.3, 0.4) is 0 Å². The number of nitrogens with zero attached hydrogens (tertiary/aromatic N) is 1. The molecule has 0 bridgehead atoms. The zero-order chi connectivity index (χ0) is 11.5. The van der Waals surface area contributed by atoms with Crippen LogP contribution >= 0.6 is 0 Å². The third-order valence-electron chi connectivity index (χ3n) is 3.08. The molecule has 0 radical (unpaired) electrons. The monoisotopic (exact) mass is 214 g/mol. The minimum atomic E-state index is 0.460. The second-order valence-corrected chi connectivity index (χ2v) is 4.89. The Balaban J connectivity index is 2.06. The molecule has 2 rings (SSSR count). The largest absolute Gasteiger partial charge is 0.382 e. The second kappa shape index (κ2) is 4.57. The molecule has 84 valence electrons. The highest BCUT2D eigenvalue weighted by atomic mass is 14.9. The van der Waals surface area contributed by atoms with Crippen molar-refractivity contribution >= 4 is 5.69 Å². The fourth-order valence-electron chi connectivity index (χ4n) is 2.05. The molecule has 0 spiro atoms. The van der Waals surface area contributed by atoms with Crippen LogP contribution in [-0.4, -0.2) is 6.04 Å². The number of nitrogens with one attached hydrogen (secondary N) is 1. The zero-order valence-electron chi connectivity index (χ0n) is 9.96. The van der Waals surface area contributed by atoms with Crippen LogP contribution in [0.1, 0.15) is 37.3 Å². The van der Waals surface area contributed by atoms with Crippen molar-refractivity contribution in [1.82, 2.24) is 0 Å². The van der Waals surface area contributed by atoms with Crippen LogP contribution in [0.15, 0.2) is 18.2 Å². The Labute approximate surface area is 97.3 Å². The van der Waals surface area contributed by atoms with Crippen LogP contribution in [0, 0.1) is 24.2 Å². The van der Waals surface area contributed by atoms with Gasteiger partial charge in [-0.1, -0.05) is 18.9 Å². The Morgan fingerprint density at radius 3 is 2.88 bits per heavy atom. The molecule has 0 heterocycles. The third kappa shape index (κ3) is 2.76. The fourth-order valence-corrected chi connectivity index (χ4v) is 2.05. The lowest BCUT2D eigenvalue weighted by Gasteiger charge is -2.16. The highest BCUT2D eigenvalue weighted by Gasteiger charge is 2.23. The molecule has 1 atom stereocenters. The molecular formula is C14H18N2. The average Bonchev–Trinajstić information content (AvgIpc) is 3.02. The highest BCUT2D eigenvalue weighted by molar-refractivity contribution is 5.59. The summed E-state index contributed by atoms with van der Waals surface area (Å²) >= 11 is 0. The van der Waals surface area contributed by atoms with Gasteiger partial charge in [0.1, 0.15) is 6.07 Å². The van der Waals surface area contributed by atoms with E-state index in [4.69, 9.17) is 5.26 Å². The quantitative estimate of drug-likeness (QED) is 0.833. The average molecular weight is 214 g/mol. The lowest BCUT2D eigenvalue weighted by atomic mass is 10.1. The summed E-state index contributed by atoms with van der Waals surface area (Å²) in [4.78, 5) is 0. The summed E-state index contributed by atoms with van der Waals surface area (Å²) < 4.78 is 0. The smallest absolute Gasteiger partial charge is 0.101 e. The molecule has 1 aromatic rings. The Morgan fingerprint density at radius 2 is 2.25 bits per heavy atom. The number of rotatable bonds is 4. The maximum Gasteiger partial charge on any atom is 0.101 e. The molecule has 1 aromatic carbocycles. The van der Waals surface area contributed by atoms with Crippen molar-refractivity contribution in [3.8, 4) is 6.07 Å². The first kappa shape index (κ1) is 11.0. The van der Waals surface area contributed by atoms with Crippen LogP contribution in [0.5, 0.6) is 0 Å². The molecule has 1 saturated carbocycles. The number of benzene rings is 1. The molecule has 0 amide bonds. The van der Waals surface area contributed by atoms with Crippen LogP contribution in [0.4, 0.5) is 5.69 Å². The number of aryl methyl sites for hydroxylation is 1.